The molecule has 0 unspecified atom stereocenters. The molecule has 2 amide bonds. The first kappa shape index (κ1) is 28.9. The van der Waals surface area contributed by atoms with E-state index in [0.717, 1.165) is 39.2 Å². The minimum absolute atomic E-state index is 0.0934. The predicted octanol–water partition coefficient (Wildman–Crippen LogP) is 5.58. The Kier molecular flexibility index (Phi) is 8.33. The highest BCUT2D eigenvalue weighted by Gasteiger charge is 2.29. The fourth-order valence-electron chi connectivity index (χ4n) is 5.14. The number of piperazine rings is 1. The quantitative estimate of drug-likeness (QED) is 0.323. The number of carbonyl (C=O) groups excluding carboxylic acids is 2. The summed E-state index contributed by atoms with van der Waals surface area (Å²) in [5.41, 5.74) is 6.16. The van der Waals surface area contributed by atoms with E-state index >= 15 is 0 Å². The highest BCUT2D eigenvalue weighted by Crippen LogP contribution is 2.30. The third kappa shape index (κ3) is 6.82. The molecule has 0 spiro atoms. The smallest absolute Gasteiger partial charge is 0.410 e. The van der Waals surface area contributed by atoms with Crippen molar-refractivity contribution in [3.8, 4) is 11.3 Å². The van der Waals surface area contributed by atoms with E-state index in [4.69, 9.17) is 9.47 Å². The number of aryl methyl sites for hydroxylation is 1. The fourth-order valence-corrected chi connectivity index (χ4v) is 5.14. The maximum Gasteiger partial charge on any atom is 0.410 e. The van der Waals surface area contributed by atoms with E-state index < -0.39 is 11.7 Å². The number of benzene rings is 2. The Morgan fingerprint density at radius 1 is 1.07 bits per heavy atom. The van der Waals surface area contributed by atoms with Crippen molar-refractivity contribution in [2.24, 2.45) is 0 Å². The standard InChI is InChI=1S/C32H38N6O4/c1-22-15-25(11-12-26(22)17-33-30(39)42-32(3,4)5)29-28-16-27(19-38(28)35-21-34-29)37-14-13-36(18-23(37)2)31(40)41-20-24-9-7-6-8-10-24/h6-12,15-16,19,21,23H,13-14,17-18,20H2,1-5H3,(H,33,39)/t23-/m0/s1. The molecule has 1 aliphatic rings. The highest BCUT2D eigenvalue weighted by molar-refractivity contribution is 5.80. The Hall–Kier alpha value is -4.60. The van der Waals surface area contributed by atoms with Gasteiger partial charge in [0.25, 0.3) is 0 Å². The molecule has 10 nitrogen and oxygen atoms in total. The lowest BCUT2D eigenvalue weighted by molar-refractivity contribution is 0.0523. The van der Waals surface area contributed by atoms with Crippen LogP contribution in [0, 0.1) is 6.92 Å². The van der Waals surface area contributed by atoms with Crippen molar-refractivity contribution in [3.05, 3.63) is 83.8 Å². The summed E-state index contributed by atoms with van der Waals surface area (Å²) < 4.78 is 12.7. The largest absolute Gasteiger partial charge is 0.445 e. The average molecular weight is 571 g/mol. The van der Waals surface area contributed by atoms with Gasteiger partial charge in [0, 0.05) is 37.8 Å². The number of fused-ring (bicyclic) bond motifs is 1. The van der Waals surface area contributed by atoms with E-state index in [1.54, 1.807) is 11.2 Å². The van der Waals surface area contributed by atoms with Crippen LogP contribution in [0.15, 0.2) is 67.1 Å². The number of hydrogen-bond acceptors (Lipinski definition) is 7. The maximum absolute atomic E-state index is 12.7. The second kappa shape index (κ2) is 12.1. The number of carbonyl (C=O) groups is 2. The van der Waals surface area contributed by atoms with Crippen LogP contribution in [0.3, 0.4) is 0 Å². The zero-order valence-corrected chi connectivity index (χ0v) is 24.8. The molecule has 0 radical (unpaired) electrons. The Balaban J connectivity index is 1.26. The molecule has 2 aromatic heterocycles. The van der Waals surface area contributed by atoms with Gasteiger partial charge >= 0.3 is 12.2 Å². The topological polar surface area (TPSA) is 101 Å². The molecule has 1 fully saturated rings. The van der Waals surface area contributed by atoms with Crippen molar-refractivity contribution < 1.29 is 19.1 Å². The van der Waals surface area contributed by atoms with Crippen molar-refractivity contribution in [3.63, 3.8) is 0 Å². The normalized spacial score (nSPS) is 15.5. The maximum atomic E-state index is 12.7. The molecule has 42 heavy (non-hydrogen) atoms. The van der Waals surface area contributed by atoms with E-state index in [1.807, 2.05) is 80.9 Å². The van der Waals surface area contributed by atoms with Gasteiger partial charge < -0.3 is 24.6 Å². The molecule has 4 aromatic rings. The van der Waals surface area contributed by atoms with Gasteiger partial charge in [0.2, 0.25) is 0 Å². The zero-order valence-electron chi connectivity index (χ0n) is 24.8. The molecule has 10 heteroatoms. The summed E-state index contributed by atoms with van der Waals surface area (Å²) >= 11 is 0. The van der Waals surface area contributed by atoms with Crippen molar-refractivity contribution >= 4 is 23.4 Å². The molecule has 2 aromatic carbocycles. The molecule has 0 saturated carbocycles. The van der Waals surface area contributed by atoms with Crippen molar-refractivity contribution in [1.82, 2.24) is 24.8 Å². The van der Waals surface area contributed by atoms with Crippen LogP contribution in [0.4, 0.5) is 15.3 Å². The second-order valence-electron chi connectivity index (χ2n) is 11.7. The zero-order chi connectivity index (χ0) is 29.9. The molecule has 1 atom stereocenters. The lowest BCUT2D eigenvalue weighted by Crippen LogP contribution is -2.53. The highest BCUT2D eigenvalue weighted by atomic mass is 16.6. The van der Waals surface area contributed by atoms with Crippen LogP contribution in [0.5, 0.6) is 0 Å². The lowest BCUT2D eigenvalue weighted by atomic mass is 10.0. The van der Waals surface area contributed by atoms with Crippen molar-refractivity contribution in [2.75, 3.05) is 24.5 Å². The molecule has 0 bridgehead atoms. The Labute approximate surface area is 246 Å². The Morgan fingerprint density at radius 3 is 2.57 bits per heavy atom. The molecular weight excluding hydrogens is 532 g/mol. The van der Waals surface area contributed by atoms with Crippen LogP contribution < -0.4 is 10.2 Å². The first-order valence-electron chi connectivity index (χ1n) is 14.2. The number of nitrogens with zero attached hydrogens (tertiary/aromatic N) is 5. The molecule has 1 saturated heterocycles. The van der Waals surface area contributed by atoms with Gasteiger partial charge in [0.05, 0.1) is 23.1 Å². The van der Waals surface area contributed by atoms with Gasteiger partial charge in [0.15, 0.2) is 0 Å². The Morgan fingerprint density at radius 2 is 1.86 bits per heavy atom. The molecule has 1 aliphatic heterocycles. The summed E-state index contributed by atoms with van der Waals surface area (Å²) in [6, 6.07) is 18.0. The van der Waals surface area contributed by atoms with Gasteiger partial charge in [-0.2, -0.15) is 5.10 Å². The van der Waals surface area contributed by atoms with Gasteiger partial charge in [0.1, 0.15) is 18.5 Å². The van der Waals surface area contributed by atoms with E-state index in [1.165, 1.54) is 0 Å². The number of aromatic nitrogens is 3. The van der Waals surface area contributed by atoms with Gasteiger partial charge in [-0.1, -0.05) is 42.5 Å². The summed E-state index contributed by atoms with van der Waals surface area (Å²) in [5, 5.41) is 7.28. The van der Waals surface area contributed by atoms with Crippen LogP contribution in [0.2, 0.25) is 0 Å². The minimum atomic E-state index is -0.544. The molecule has 220 valence electrons. The first-order chi connectivity index (χ1) is 20.1. The number of rotatable bonds is 6. The predicted molar refractivity (Wildman–Crippen MR) is 161 cm³/mol. The number of alkyl carbamates (subject to hydrolysis) is 1. The summed E-state index contributed by atoms with van der Waals surface area (Å²) in [7, 11) is 0. The summed E-state index contributed by atoms with van der Waals surface area (Å²) in [6.07, 6.45) is 2.83. The van der Waals surface area contributed by atoms with Crippen LogP contribution in [0.1, 0.15) is 44.4 Å². The van der Waals surface area contributed by atoms with E-state index in [2.05, 4.69) is 39.4 Å². The van der Waals surface area contributed by atoms with E-state index in [0.29, 0.717) is 26.2 Å². The van der Waals surface area contributed by atoms with Gasteiger partial charge in [-0.15, -0.1) is 0 Å². The first-order valence-corrected chi connectivity index (χ1v) is 14.2. The molecule has 5 rings (SSSR count). The average Bonchev–Trinajstić information content (AvgIpc) is 3.39. The van der Waals surface area contributed by atoms with E-state index in [-0.39, 0.29) is 18.7 Å². The third-order valence-electron chi connectivity index (χ3n) is 7.25. The summed E-state index contributed by atoms with van der Waals surface area (Å²) in [6.45, 7) is 12.1. The monoisotopic (exact) mass is 570 g/mol. The van der Waals surface area contributed by atoms with E-state index in [9.17, 15) is 9.59 Å². The lowest BCUT2D eigenvalue weighted by Gasteiger charge is -2.40. The van der Waals surface area contributed by atoms with Gasteiger partial charge in [-0.05, 0) is 63.4 Å². The third-order valence-corrected chi connectivity index (χ3v) is 7.25. The number of nitrogens with one attached hydrogen (secondary N) is 1. The SMILES string of the molecule is Cc1cc(-c2ncnn3cc(N4CCN(C(=O)OCc5ccccc5)C[C@@H]4C)cc23)ccc1CNC(=O)OC(C)(C)C. The van der Waals surface area contributed by atoms with Gasteiger partial charge in [-0.3, -0.25) is 0 Å². The fraction of sp³-hybridized carbons (Fsp3) is 0.375. The van der Waals surface area contributed by atoms with Crippen LogP contribution >= 0.6 is 0 Å². The summed E-state index contributed by atoms with van der Waals surface area (Å²) in [4.78, 5) is 33.5. The number of anilines is 1. The second-order valence-corrected chi connectivity index (χ2v) is 11.7. The molecular formula is C32H38N6O4. The van der Waals surface area contributed by atoms with Gasteiger partial charge in [-0.25, -0.2) is 19.1 Å². The number of ether oxygens (including phenoxy) is 2. The van der Waals surface area contributed by atoms with Crippen LogP contribution in [-0.2, 0) is 22.6 Å². The molecule has 0 aliphatic carbocycles. The molecule has 3 heterocycles. The number of amides is 2. The van der Waals surface area contributed by atoms with Crippen molar-refractivity contribution in [2.45, 2.75) is 59.4 Å². The van der Waals surface area contributed by atoms with Crippen LogP contribution in [0.25, 0.3) is 16.8 Å². The Bertz CT molecular complexity index is 1560. The van der Waals surface area contributed by atoms with Crippen molar-refractivity contribution in [1.29, 1.82) is 0 Å². The van der Waals surface area contributed by atoms with Crippen LogP contribution in [-0.4, -0.2) is 63.0 Å². The number of hydrogen-bond donors (Lipinski definition) is 1. The minimum Gasteiger partial charge on any atom is -0.445 e. The molecule has 1 N–H and O–H groups in total. The summed E-state index contributed by atoms with van der Waals surface area (Å²) in [5.74, 6) is 0.